The molecule has 0 saturated heterocycles. The Kier molecular flexibility index (Phi) is 5.60. The Morgan fingerprint density at radius 2 is 1.14 bits per heavy atom. The van der Waals surface area contributed by atoms with Crippen LogP contribution in [0.4, 0.5) is 0 Å². The zero-order valence-corrected chi connectivity index (χ0v) is 14.2. The second-order valence-corrected chi connectivity index (χ2v) is 6.27. The Morgan fingerprint density at radius 3 is 1.41 bits per heavy atom. The van der Waals surface area contributed by atoms with Gasteiger partial charge < -0.3 is 10.2 Å². The number of halogens is 2. The van der Waals surface area contributed by atoms with Gasteiger partial charge in [-0.15, -0.1) is 0 Å². The number of benzene rings is 2. The number of rotatable bonds is 5. The summed E-state index contributed by atoms with van der Waals surface area (Å²) in [6, 6.07) is 10.8. The highest BCUT2D eigenvalue weighted by Gasteiger charge is 2.23. The Bertz CT molecular complexity index is 598. The summed E-state index contributed by atoms with van der Waals surface area (Å²) in [5.41, 5.74) is 2.09. The van der Waals surface area contributed by atoms with Crippen molar-refractivity contribution in [2.45, 2.75) is 38.5 Å². The number of phenolic OH excluding ortho intramolecular Hbond substituents is 2. The normalized spacial score (nSPS) is 13.8. The second-order valence-electron chi connectivity index (χ2n) is 5.45. The molecule has 0 heterocycles. The molecule has 0 saturated carbocycles. The fraction of sp³-hybridized carbons (Fsp3) is 0.333. The van der Waals surface area contributed by atoms with E-state index in [2.05, 4.69) is 13.8 Å². The monoisotopic (exact) mass is 338 g/mol. The van der Waals surface area contributed by atoms with Crippen molar-refractivity contribution in [1.29, 1.82) is 0 Å². The molecule has 0 unspecified atom stereocenters. The Labute approximate surface area is 141 Å². The zero-order valence-electron chi connectivity index (χ0n) is 12.7. The lowest BCUT2D eigenvalue weighted by Gasteiger charge is -2.26. The Morgan fingerprint density at radius 1 is 0.773 bits per heavy atom. The summed E-state index contributed by atoms with van der Waals surface area (Å²) in [5.74, 6) is 0.667. The first kappa shape index (κ1) is 17.0. The molecule has 2 rings (SSSR count). The minimum atomic E-state index is 0.103. The predicted octanol–water partition coefficient (Wildman–Crippen LogP) is 6.09. The van der Waals surface area contributed by atoms with Crippen LogP contribution >= 0.6 is 23.2 Å². The largest absolute Gasteiger partial charge is 0.506 e. The first-order chi connectivity index (χ1) is 10.5. The third-order valence-electron chi connectivity index (χ3n) is 4.16. The fourth-order valence-electron chi connectivity index (χ4n) is 3.03. The van der Waals surface area contributed by atoms with Gasteiger partial charge in [0.15, 0.2) is 0 Å². The predicted molar refractivity (Wildman–Crippen MR) is 92.3 cm³/mol. The zero-order chi connectivity index (χ0) is 16.3. The molecule has 0 aliphatic rings. The van der Waals surface area contributed by atoms with E-state index in [0.29, 0.717) is 10.0 Å². The lowest BCUT2D eigenvalue weighted by molar-refractivity contribution is 0.463. The van der Waals surface area contributed by atoms with Crippen LogP contribution in [0.15, 0.2) is 36.4 Å². The van der Waals surface area contributed by atoms with Crippen LogP contribution < -0.4 is 0 Å². The van der Waals surface area contributed by atoms with E-state index < -0.39 is 0 Å². The molecule has 0 amide bonds. The van der Waals surface area contributed by atoms with E-state index in [1.165, 1.54) is 0 Å². The lowest BCUT2D eigenvalue weighted by atomic mass is 9.78. The minimum Gasteiger partial charge on any atom is -0.506 e. The summed E-state index contributed by atoms with van der Waals surface area (Å²) in [6.07, 6.45) is 1.84. The molecular weight excluding hydrogens is 319 g/mol. The van der Waals surface area contributed by atoms with Crippen molar-refractivity contribution in [3.05, 3.63) is 57.6 Å². The summed E-state index contributed by atoms with van der Waals surface area (Å²) in [5, 5.41) is 20.4. The van der Waals surface area contributed by atoms with Crippen LogP contribution in [-0.2, 0) is 0 Å². The van der Waals surface area contributed by atoms with Crippen LogP contribution in [0.25, 0.3) is 0 Å². The minimum absolute atomic E-state index is 0.103. The maximum Gasteiger partial charge on any atom is 0.134 e. The van der Waals surface area contributed by atoms with Gasteiger partial charge in [0.05, 0.1) is 10.0 Å². The first-order valence-corrected chi connectivity index (χ1v) is 8.20. The van der Waals surface area contributed by atoms with Crippen LogP contribution in [0.3, 0.4) is 0 Å². The van der Waals surface area contributed by atoms with Gasteiger partial charge in [0.2, 0.25) is 0 Å². The number of hydrogen-bond acceptors (Lipinski definition) is 2. The molecule has 118 valence electrons. The lowest BCUT2D eigenvalue weighted by Crippen LogP contribution is -2.10. The van der Waals surface area contributed by atoms with Gasteiger partial charge in [0.25, 0.3) is 0 Å². The quantitative estimate of drug-likeness (QED) is 0.692. The summed E-state index contributed by atoms with van der Waals surface area (Å²) in [6.45, 7) is 4.24. The van der Waals surface area contributed by atoms with E-state index in [1.54, 1.807) is 24.3 Å². The average molecular weight is 339 g/mol. The van der Waals surface area contributed by atoms with Crippen molar-refractivity contribution >= 4 is 23.2 Å². The molecule has 0 aromatic heterocycles. The van der Waals surface area contributed by atoms with Crippen LogP contribution in [0.1, 0.15) is 49.7 Å². The molecule has 0 spiro atoms. The molecule has 2 N–H and O–H groups in total. The van der Waals surface area contributed by atoms with Crippen LogP contribution in [0.2, 0.25) is 10.0 Å². The maximum atomic E-state index is 9.86. The van der Waals surface area contributed by atoms with Crippen molar-refractivity contribution in [3.8, 4) is 11.5 Å². The molecule has 0 aliphatic carbocycles. The van der Waals surface area contributed by atoms with Gasteiger partial charge in [-0.3, -0.25) is 0 Å². The number of aromatic hydroxyl groups is 2. The highest BCUT2D eigenvalue weighted by atomic mass is 35.5. The van der Waals surface area contributed by atoms with Crippen LogP contribution in [-0.4, -0.2) is 10.2 Å². The molecule has 2 atom stereocenters. The molecule has 2 aromatic carbocycles. The second kappa shape index (κ2) is 7.26. The van der Waals surface area contributed by atoms with Gasteiger partial charge in [-0.1, -0.05) is 49.2 Å². The SMILES string of the molecule is CC[C@H](c1ccc(Cl)c(O)c1)[C@@H](CC)c1ccc(Cl)c(O)c1. The summed E-state index contributed by atoms with van der Waals surface area (Å²) >= 11 is 11.8. The summed E-state index contributed by atoms with van der Waals surface area (Å²) < 4.78 is 0. The Balaban J connectivity index is 2.41. The van der Waals surface area contributed by atoms with Gasteiger partial charge in [-0.25, -0.2) is 0 Å². The van der Waals surface area contributed by atoms with E-state index >= 15 is 0 Å². The molecular formula is C18H20Cl2O2. The standard InChI is InChI=1S/C18H20Cl2O2/c1-3-13(11-5-7-15(19)17(21)9-11)14(4-2)12-6-8-16(20)18(22)10-12/h5-10,13-14,21-22H,3-4H2,1-2H3/t13-,14+. The highest BCUT2D eigenvalue weighted by Crippen LogP contribution is 2.41. The van der Waals surface area contributed by atoms with E-state index in [0.717, 1.165) is 24.0 Å². The van der Waals surface area contributed by atoms with Gasteiger partial charge in [0, 0.05) is 0 Å². The molecule has 22 heavy (non-hydrogen) atoms. The topological polar surface area (TPSA) is 40.5 Å². The summed E-state index contributed by atoms with van der Waals surface area (Å²) in [7, 11) is 0. The van der Waals surface area contributed by atoms with E-state index in [4.69, 9.17) is 23.2 Å². The van der Waals surface area contributed by atoms with E-state index in [9.17, 15) is 10.2 Å². The Hall–Kier alpha value is -1.38. The van der Waals surface area contributed by atoms with Crippen molar-refractivity contribution in [3.63, 3.8) is 0 Å². The molecule has 4 heteroatoms. The smallest absolute Gasteiger partial charge is 0.134 e. The van der Waals surface area contributed by atoms with Crippen LogP contribution in [0, 0.1) is 0 Å². The van der Waals surface area contributed by atoms with E-state index in [1.807, 2.05) is 12.1 Å². The molecule has 0 fully saturated rings. The van der Waals surface area contributed by atoms with Crippen molar-refractivity contribution in [2.75, 3.05) is 0 Å². The van der Waals surface area contributed by atoms with Gasteiger partial charge >= 0.3 is 0 Å². The fourth-order valence-corrected chi connectivity index (χ4v) is 3.26. The van der Waals surface area contributed by atoms with Crippen molar-refractivity contribution in [2.24, 2.45) is 0 Å². The summed E-state index contributed by atoms with van der Waals surface area (Å²) in [4.78, 5) is 0. The van der Waals surface area contributed by atoms with Gasteiger partial charge in [-0.2, -0.15) is 0 Å². The van der Waals surface area contributed by atoms with Crippen LogP contribution in [0.5, 0.6) is 11.5 Å². The van der Waals surface area contributed by atoms with Gasteiger partial charge in [0.1, 0.15) is 11.5 Å². The van der Waals surface area contributed by atoms with Crippen molar-refractivity contribution in [1.82, 2.24) is 0 Å². The highest BCUT2D eigenvalue weighted by molar-refractivity contribution is 6.32. The average Bonchev–Trinajstić information content (AvgIpc) is 2.50. The third-order valence-corrected chi connectivity index (χ3v) is 4.80. The van der Waals surface area contributed by atoms with Gasteiger partial charge in [-0.05, 0) is 60.1 Å². The molecule has 2 nitrogen and oxygen atoms in total. The molecule has 0 radical (unpaired) electrons. The molecule has 2 aromatic rings. The number of phenols is 2. The number of hydrogen-bond donors (Lipinski definition) is 2. The maximum absolute atomic E-state index is 9.86. The third kappa shape index (κ3) is 3.50. The van der Waals surface area contributed by atoms with Crippen molar-refractivity contribution < 1.29 is 10.2 Å². The molecule has 0 aliphatic heterocycles. The first-order valence-electron chi connectivity index (χ1n) is 7.44. The molecule has 0 bridgehead atoms. The van der Waals surface area contributed by atoms with E-state index in [-0.39, 0.29) is 23.3 Å².